The largest absolute Gasteiger partial charge is 0.391 e. The number of carbonyl (C=O) groups excluding carboxylic acids is 1. The molecule has 8 heteroatoms. The minimum Gasteiger partial charge on any atom is -0.391 e. The van der Waals surface area contributed by atoms with Gasteiger partial charge in [-0.3, -0.25) is 14.9 Å². The lowest BCUT2D eigenvalue weighted by Crippen LogP contribution is -2.12. The molecule has 0 aliphatic carbocycles. The average Bonchev–Trinajstić information content (AvgIpc) is 2.53. The van der Waals surface area contributed by atoms with E-state index in [9.17, 15) is 14.9 Å². The molecule has 0 unspecified atom stereocenters. The van der Waals surface area contributed by atoms with Gasteiger partial charge in [0.2, 0.25) is 0 Å². The molecule has 0 saturated heterocycles. The number of nitro groups is 1. The van der Waals surface area contributed by atoms with Gasteiger partial charge >= 0.3 is 0 Å². The number of hydrogen-bond acceptors (Lipinski definition) is 5. The van der Waals surface area contributed by atoms with Crippen LogP contribution in [0.4, 0.5) is 11.4 Å². The number of anilines is 1. The van der Waals surface area contributed by atoms with Gasteiger partial charge in [-0.05, 0) is 23.8 Å². The van der Waals surface area contributed by atoms with Crippen LogP contribution < -0.4 is 5.32 Å². The van der Waals surface area contributed by atoms with E-state index < -0.39 is 10.8 Å². The number of nitrogens with one attached hydrogen (secondary N) is 1. The van der Waals surface area contributed by atoms with E-state index in [4.69, 9.17) is 16.4 Å². The highest BCUT2D eigenvalue weighted by Crippen LogP contribution is 2.16. The fraction of sp³-hybridized carbons (Fsp3) is 0.0667. The summed E-state index contributed by atoms with van der Waals surface area (Å²) in [6, 6.07) is 12.6. The number of hydrogen-bond donors (Lipinski definition) is 1. The van der Waals surface area contributed by atoms with Gasteiger partial charge in [-0.2, -0.15) is 0 Å². The maximum Gasteiger partial charge on any atom is 0.271 e. The van der Waals surface area contributed by atoms with E-state index in [1.165, 1.54) is 24.3 Å². The van der Waals surface area contributed by atoms with Crippen LogP contribution >= 0.6 is 11.6 Å². The molecule has 7 nitrogen and oxygen atoms in total. The topological polar surface area (TPSA) is 93.8 Å². The highest BCUT2D eigenvalue weighted by Gasteiger charge is 2.07. The van der Waals surface area contributed by atoms with Crippen molar-refractivity contribution in [3.63, 3.8) is 0 Å². The average molecular weight is 334 g/mol. The van der Waals surface area contributed by atoms with Crippen LogP contribution in [0.15, 0.2) is 53.7 Å². The van der Waals surface area contributed by atoms with Crippen molar-refractivity contribution in [3.8, 4) is 0 Å². The Labute approximate surface area is 136 Å². The molecule has 0 heterocycles. The molecule has 2 aromatic carbocycles. The Bertz CT molecular complexity index is 732. The first kappa shape index (κ1) is 16.4. The molecule has 23 heavy (non-hydrogen) atoms. The maximum absolute atomic E-state index is 11.6. The highest BCUT2D eigenvalue weighted by atomic mass is 35.5. The van der Waals surface area contributed by atoms with Gasteiger partial charge in [-0.25, -0.2) is 0 Å². The summed E-state index contributed by atoms with van der Waals surface area (Å²) in [5.41, 5.74) is 1.04. The summed E-state index contributed by atoms with van der Waals surface area (Å²) in [7, 11) is 0. The molecule has 1 amide bonds. The van der Waals surface area contributed by atoms with Crippen LogP contribution in [0, 0.1) is 10.1 Å². The third-order valence-corrected chi connectivity index (χ3v) is 2.97. The molecule has 2 aromatic rings. The summed E-state index contributed by atoms with van der Waals surface area (Å²) in [5.74, 6) is -0.554. The van der Waals surface area contributed by atoms with Crippen LogP contribution in [-0.2, 0) is 16.2 Å². The number of benzene rings is 2. The molecule has 118 valence electrons. The van der Waals surface area contributed by atoms with E-state index in [1.54, 1.807) is 24.3 Å². The summed E-state index contributed by atoms with van der Waals surface area (Å²) in [4.78, 5) is 26.7. The van der Waals surface area contributed by atoms with Crippen molar-refractivity contribution in [2.45, 2.75) is 6.61 Å². The van der Waals surface area contributed by atoms with Gasteiger partial charge in [0.25, 0.3) is 11.6 Å². The first-order valence-electron chi connectivity index (χ1n) is 6.50. The van der Waals surface area contributed by atoms with Crippen molar-refractivity contribution in [1.82, 2.24) is 0 Å². The van der Waals surface area contributed by atoms with Crippen LogP contribution in [0.5, 0.6) is 0 Å². The van der Waals surface area contributed by atoms with Crippen molar-refractivity contribution in [2.24, 2.45) is 5.16 Å². The van der Waals surface area contributed by atoms with Crippen LogP contribution in [0.2, 0.25) is 5.02 Å². The molecule has 2 rings (SSSR count). The minimum absolute atomic E-state index is 0.112. The molecule has 0 aliphatic heterocycles. The summed E-state index contributed by atoms with van der Waals surface area (Å²) < 4.78 is 0. The van der Waals surface area contributed by atoms with E-state index >= 15 is 0 Å². The lowest BCUT2D eigenvalue weighted by Gasteiger charge is -2.02. The van der Waals surface area contributed by atoms with Gasteiger partial charge in [-0.1, -0.05) is 35.0 Å². The smallest absolute Gasteiger partial charge is 0.271 e. The Balaban J connectivity index is 1.83. The standard InChI is InChI=1S/C15H12ClN3O4/c16-12-6-4-11(5-7-12)10-23-17-9-15(20)18-13-2-1-3-14(8-13)19(21)22/h1-9H,10H2,(H,18,20)/b17-9-. The zero-order chi connectivity index (χ0) is 16.7. The monoisotopic (exact) mass is 333 g/mol. The number of nitrogens with zero attached hydrogens (tertiary/aromatic N) is 2. The van der Waals surface area contributed by atoms with Gasteiger partial charge in [0, 0.05) is 22.8 Å². The van der Waals surface area contributed by atoms with Crippen LogP contribution in [-0.4, -0.2) is 17.0 Å². The van der Waals surface area contributed by atoms with Crippen molar-refractivity contribution < 1.29 is 14.6 Å². The Morgan fingerprint density at radius 1 is 1.30 bits per heavy atom. The third kappa shape index (κ3) is 5.40. The second kappa shape index (κ2) is 7.90. The third-order valence-electron chi connectivity index (χ3n) is 2.71. The van der Waals surface area contributed by atoms with Crippen molar-refractivity contribution >= 4 is 35.1 Å². The number of carbonyl (C=O) groups is 1. The van der Waals surface area contributed by atoms with Gasteiger partial charge in [-0.15, -0.1) is 0 Å². The SMILES string of the molecule is O=C(/C=N\OCc1ccc(Cl)cc1)Nc1cccc([N+](=O)[O-])c1. The first-order valence-corrected chi connectivity index (χ1v) is 6.87. The van der Waals surface area contributed by atoms with E-state index in [1.807, 2.05) is 0 Å². The fourth-order valence-corrected chi connectivity index (χ4v) is 1.78. The zero-order valence-electron chi connectivity index (χ0n) is 11.8. The second-order valence-electron chi connectivity index (χ2n) is 4.43. The summed E-state index contributed by atoms with van der Waals surface area (Å²) in [6.45, 7) is 0.192. The summed E-state index contributed by atoms with van der Waals surface area (Å²) >= 11 is 5.76. The first-order chi connectivity index (χ1) is 11.0. The van der Waals surface area contributed by atoms with Gasteiger partial charge < -0.3 is 10.2 Å². The molecule has 0 atom stereocenters. The predicted molar refractivity (Wildman–Crippen MR) is 86.5 cm³/mol. The Hall–Kier alpha value is -2.93. The van der Waals surface area contributed by atoms with E-state index in [2.05, 4.69) is 10.5 Å². The molecular formula is C15H12ClN3O4. The molecular weight excluding hydrogens is 322 g/mol. The lowest BCUT2D eigenvalue weighted by atomic mass is 10.2. The molecule has 0 bridgehead atoms. The van der Waals surface area contributed by atoms with E-state index in [0.717, 1.165) is 11.8 Å². The zero-order valence-corrected chi connectivity index (χ0v) is 12.6. The lowest BCUT2D eigenvalue weighted by molar-refractivity contribution is -0.384. The van der Waals surface area contributed by atoms with Gasteiger partial charge in [0.1, 0.15) is 12.8 Å². The normalized spacial score (nSPS) is 10.5. The highest BCUT2D eigenvalue weighted by molar-refractivity contribution is 6.31. The Morgan fingerprint density at radius 3 is 2.74 bits per heavy atom. The predicted octanol–water partition coefficient (Wildman–Crippen LogP) is 3.39. The van der Waals surface area contributed by atoms with Crippen molar-refractivity contribution in [3.05, 3.63) is 69.2 Å². The number of oxime groups is 1. The summed E-state index contributed by atoms with van der Waals surface area (Å²) in [5, 5.41) is 17.3. The van der Waals surface area contributed by atoms with Gasteiger partial charge in [0.05, 0.1) is 4.92 Å². The summed E-state index contributed by atoms with van der Waals surface area (Å²) in [6.07, 6.45) is 0.953. The Morgan fingerprint density at radius 2 is 2.04 bits per heavy atom. The number of nitro benzene ring substituents is 1. The molecule has 0 fully saturated rings. The molecule has 0 aliphatic rings. The molecule has 0 spiro atoms. The van der Waals surface area contributed by atoms with Crippen LogP contribution in [0.3, 0.4) is 0 Å². The fourth-order valence-electron chi connectivity index (χ4n) is 1.65. The molecule has 0 radical (unpaired) electrons. The Kier molecular flexibility index (Phi) is 5.65. The number of rotatable bonds is 6. The van der Waals surface area contributed by atoms with Crippen molar-refractivity contribution in [2.75, 3.05) is 5.32 Å². The van der Waals surface area contributed by atoms with E-state index in [0.29, 0.717) is 10.7 Å². The number of halogens is 1. The second-order valence-corrected chi connectivity index (χ2v) is 4.87. The molecule has 0 aromatic heterocycles. The van der Waals surface area contributed by atoms with Gasteiger partial charge in [0.15, 0.2) is 0 Å². The van der Waals surface area contributed by atoms with Crippen molar-refractivity contribution in [1.29, 1.82) is 0 Å². The minimum atomic E-state index is -0.554. The van der Waals surface area contributed by atoms with Crippen LogP contribution in [0.1, 0.15) is 5.56 Å². The molecule has 1 N–H and O–H groups in total. The number of amides is 1. The maximum atomic E-state index is 11.6. The number of non-ortho nitro benzene ring substituents is 1. The van der Waals surface area contributed by atoms with E-state index in [-0.39, 0.29) is 12.3 Å². The molecule has 0 saturated carbocycles. The quantitative estimate of drug-likeness (QED) is 0.498. The van der Waals surface area contributed by atoms with Crippen LogP contribution in [0.25, 0.3) is 0 Å².